The van der Waals surface area contributed by atoms with Gasteiger partial charge in [0, 0.05) is 18.1 Å². The topological polar surface area (TPSA) is 105 Å². The molecule has 7 nitrogen and oxygen atoms in total. The third-order valence-corrected chi connectivity index (χ3v) is 2.68. The van der Waals surface area contributed by atoms with Crippen molar-refractivity contribution in [2.45, 2.75) is 13.0 Å². The number of esters is 1. The molecule has 1 amide bonds. The molecule has 2 aromatic rings. The van der Waals surface area contributed by atoms with E-state index in [0.29, 0.717) is 11.3 Å². The number of carbonyl (C=O) groups excluding carboxylic acids is 2. The largest absolute Gasteiger partial charge is 0.448 e. The smallest absolute Gasteiger partial charge is 0.359 e. The fourth-order valence-corrected chi connectivity index (χ4v) is 1.59. The van der Waals surface area contributed by atoms with Crippen molar-refractivity contribution < 1.29 is 14.3 Å². The van der Waals surface area contributed by atoms with E-state index in [4.69, 9.17) is 10.00 Å². The van der Waals surface area contributed by atoms with Crippen LogP contribution >= 0.6 is 0 Å². The van der Waals surface area contributed by atoms with E-state index in [1.165, 1.54) is 31.6 Å². The van der Waals surface area contributed by atoms with Crippen LogP contribution in [0, 0.1) is 11.3 Å². The van der Waals surface area contributed by atoms with Crippen molar-refractivity contribution >= 4 is 17.6 Å². The highest BCUT2D eigenvalue weighted by molar-refractivity contribution is 5.96. The minimum Gasteiger partial charge on any atom is -0.448 e. The first kappa shape index (κ1) is 15.1. The maximum Gasteiger partial charge on any atom is 0.359 e. The molecule has 2 rings (SSSR count). The van der Waals surface area contributed by atoms with Gasteiger partial charge in [-0.1, -0.05) is 6.07 Å². The summed E-state index contributed by atoms with van der Waals surface area (Å²) in [4.78, 5) is 31.3. The van der Waals surface area contributed by atoms with E-state index in [-0.39, 0.29) is 5.69 Å². The van der Waals surface area contributed by atoms with Crippen molar-refractivity contribution in [1.82, 2.24) is 9.97 Å². The molecular weight excluding hydrogens is 284 g/mol. The predicted octanol–water partition coefficient (Wildman–Crippen LogP) is 1.53. The van der Waals surface area contributed by atoms with Crippen molar-refractivity contribution in [3.05, 3.63) is 54.1 Å². The van der Waals surface area contributed by atoms with Gasteiger partial charge >= 0.3 is 5.97 Å². The zero-order valence-corrected chi connectivity index (χ0v) is 11.7. The van der Waals surface area contributed by atoms with E-state index in [2.05, 4.69) is 15.3 Å². The lowest BCUT2D eigenvalue weighted by Gasteiger charge is -2.13. The number of anilines is 1. The van der Waals surface area contributed by atoms with Gasteiger partial charge in [-0.25, -0.2) is 9.78 Å². The molecule has 0 radical (unpaired) electrons. The first-order valence-corrected chi connectivity index (χ1v) is 6.38. The Morgan fingerprint density at radius 1 is 1.36 bits per heavy atom. The van der Waals surface area contributed by atoms with Crippen LogP contribution in [0.5, 0.6) is 0 Å². The molecule has 1 aromatic heterocycles. The number of aromatic nitrogens is 2. The molecule has 1 N–H and O–H groups in total. The number of hydrogen-bond donors (Lipinski definition) is 1. The summed E-state index contributed by atoms with van der Waals surface area (Å²) < 4.78 is 5.01. The van der Waals surface area contributed by atoms with E-state index in [0.717, 1.165) is 0 Å². The summed E-state index contributed by atoms with van der Waals surface area (Å²) in [7, 11) is 0. The molecule has 0 saturated heterocycles. The van der Waals surface area contributed by atoms with Crippen LogP contribution in [0.4, 0.5) is 5.69 Å². The van der Waals surface area contributed by atoms with E-state index in [1.54, 1.807) is 18.2 Å². The van der Waals surface area contributed by atoms with Crippen LogP contribution in [0.2, 0.25) is 0 Å². The van der Waals surface area contributed by atoms with Gasteiger partial charge in [-0.05, 0) is 25.1 Å². The Kier molecular flexibility index (Phi) is 4.78. The minimum absolute atomic E-state index is 0.0219. The van der Waals surface area contributed by atoms with Crippen LogP contribution in [0.3, 0.4) is 0 Å². The van der Waals surface area contributed by atoms with Crippen molar-refractivity contribution in [1.29, 1.82) is 5.26 Å². The first-order chi connectivity index (χ1) is 10.6. The van der Waals surface area contributed by atoms with Crippen LogP contribution in [0.15, 0.2) is 42.9 Å². The molecule has 7 heteroatoms. The molecule has 110 valence electrons. The highest BCUT2D eigenvalue weighted by Crippen LogP contribution is 2.11. The number of benzene rings is 1. The maximum atomic E-state index is 12.0. The third-order valence-electron chi connectivity index (χ3n) is 2.68. The molecule has 0 aliphatic rings. The Morgan fingerprint density at radius 3 is 2.86 bits per heavy atom. The quantitative estimate of drug-likeness (QED) is 0.858. The standard InChI is InChI=1S/C15H12N4O3/c1-10(22-15(21)13-9-17-5-6-18-13)14(20)19-12-4-2-3-11(7-12)8-16/h2-7,9-10H,1H3,(H,19,20)/t10-/m1/s1. The molecule has 0 aliphatic heterocycles. The summed E-state index contributed by atoms with van der Waals surface area (Å²) in [6.45, 7) is 1.44. The fraction of sp³-hybridized carbons (Fsp3) is 0.133. The molecule has 1 aromatic carbocycles. The Bertz CT molecular complexity index is 725. The van der Waals surface area contributed by atoms with Gasteiger partial charge in [0.05, 0.1) is 17.8 Å². The number of hydrogen-bond acceptors (Lipinski definition) is 6. The summed E-state index contributed by atoms with van der Waals surface area (Å²) >= 11 is 0. The van der Waals surface area contributed by atoms with Gasteiger partial charge in [0.25, 0.3) is 5.91 Å². The summed E-state index contributed by atoms with van der Waals surface area (Å²) in [6, 6.07) is 8.39. The fourth-order valence-electron chi connectivity index (χ4n) is 1.59. The lowest BCUT2D eigenvalue weighted by atomic mass is 10.2. The van der Waals surface area contributed by atoms with Crippen LogP contribution in [0.1, 0.15) is 23.0 Å². The average molecular weight is 296 g/mol. The van der Waals surface area contributed by atoms with Crippen molar-refractivity contribution in [3.63, 3.8) is 0 Å². The molecular formula is C15H12N4O3. The number of nitrogens with zero attached hydrogens (tertiary/aromatic N) is 3. The lowest BCUT2D eigenvalue weighted by Crippen LogP contribution is -2.30. The predicted molar refractivity (Wildman–Crippen MR) is 76.7 cm³/mol. The van der Waals surface area contributed by atoms with Crippen LogP contribution in [0.25, 0.3) is 0 Å². The van der Waals surface area contributed by atoms with Gasteiger partial charge in [-0.2, -0.15) is 5.26 Å². The number of ether oxygens (including phenoxy) is 1. The Morgan fingerprint density at radius 2 is 2.18 bits per heavy atom. The maximum absolute atomic E-state index is 12.0. The third kappa shape index (κ3) is 3.86. The lowest BCUT2D eigenvalue weighted by molar-refractivity contribution is -0.123. The molecule has 0 aliphatic carbocycles. The van der Waals surface area contributed by atoms with Crippen LogP contribution in [-0.2, 0) is 9.53 Å². The van der Waals surface area contributed by atoms with E-state index < -0.39 is 18.0 Å². The first-order valence-electron chi connectivity index (χ1n) is 6.38. The SMILES string of the molecule is C[C@@H](OC(=O)c1cnccn1)C(=O)Nc1cccc(C#N)c1. The molecule has 22 heavy (non-hydrogen) atoms. The Labute approximate surface area is 126 Å². The van der Waals surface area contributed by atoms with Crippen molar-refractivity contribution in [3.8, 4) is 6.07 Å². The summed E-state index contributed by atoms with van der Waals surface area (Å²) in [5, 5.41) is 11.4. The second kappa shape index (κ2) is 6.95. The van der Waals surface area contributed by atoms with Gasteiger partial charge in [0.2, 0.25) is 0 Å². The number of amides is 1. The van der Waals surface area contributed by atoms with Crippen molar-refractivity contribution in [2.24, 2.45) is 0 Å². The zero-order chi connectivity index (χ0) is 15.9. The second-order valence-corrected chi connectivity index (χ2v) is 4.32. The molecule has 0 saturated carbocycles. The molecule has 0 unspecified atom stereocenters. The number of nitriles is 1. The van der Waals surface area contributed by atoms with Gasteiger partial charge < -0.3 is 10.1 Å². The number of rotatable bonds is 4. The molecule has 0 fully saturated rings. The molecule has 1 heterocycles. The molecule has 0 bridgehead atoms. The van der Waals surface area contributed by atoms with E-state index in [1.807, 2.05) is 6.07 Å². The normalized spacial score (nSPS) is 11.1. The molecule has 1 atom stereocenters. The van der Waals surface area contributed by atoms with Gasteiger partial charge in [-0.15, -0.1) is 0 Å². The summed E-state index contributed by atoms with van der Waals surface area (Å²) in [6.07, 6.45) is 3.02. The van der Waals surface area contributed by atoms with Gasteiger partial charge in [0.1, 0.15) is 0 Å². The second-order valence-electron chi connectivity index (χ2n) is 4.32. The van der Waals surface area contributed by atoms with Gasteiger partial charge in [-0.3, -0.25) is 9.78 Å². The van der Waals surface area contributed by atoms with Crippen LogP contribution < -0.4 is 5.32 Å². The monoisotopic (exact) mass is 296 g/mol. The average Bonchev–Trinajstić information content (AvgIpc) is 2.55. The number of nitrogens with one attached hydrogen (secondary N) is 1. The van der Waals surface area contributed by atoms with E-state index in [9.17, 15) is 9.59 Å². The molecule has 0 spiro atoms. The van der Waals surface area contributed by atoms with Gasteiger partial charge in [0.15, 0.2) is 11.8 Å². The summed E-state index contributed by atoms with van der Waals surface area (Å²) in [5.41, 5.74) is 0.891. The zero-order valence-electron chi connectivity index (χ0n) is 11.7. The highest BCUT2D eigenvalue weighted by Gasteiger charge is 2.19. The Hall–Kier alpha value is -3.27. The Balaban J connectivity index is 1.97. The van der Waals surface area contributed by atoms with E-state index >= 15 is 0 Å². The highest BCUT2D eigenvalue weighted by atomic mass is 16.5. The van der Waals surface area contributed by atoms with Crippen molar-refractivity contribution in [2.75, 3.05) is 5.32 Å². The van der Waals surface area contributed by atoms with Crippen LogP contribution in [-0.4, -0.2) is 27.9 Å². The summed E-state index contributed by atoms with van der Waals surface area (Å²) in [5.74, 6) is -1.24. The minimum atomic E-state index is -1.01. The number of carbonyl (C=O) groups is 2.